The monoisotopic (exact) mass is 361 g/mol. The van der Waals surface area contributed by atoms with E-state index in [2.05, 4.69) is 15.5 Å². The lowest BCUT2D eigenvalue weighted by atomic mass is 10.1. The molecule has 0 atom stereocenters. The molecule has 0 aliphatic heterocycles. The molecule has 2 heterocycles. The van der Waals surface area contributed by atoms with E-state index in [0.29, 0.717) is 22.5 Å². The highest BCUT2D eigenvalue weighted by Crippen LogP contribution is 2.29. The minimum absolute atomic E-state index is 0.131. The lowest BCUT2D eigenvalue weighted by Gasteiger charge is -2.03. The van der Waals surface area contributed by atoms with E-state index in [1.165, 1.54) is 6.07 Å². The van der Waals surface area contributed by atoms with Gasteiger partial charge in [0.1, 0.15) is 5.76 Å². The number of nitrogens with zero attached hydrogens (tertiary/aromatic N) is 1. The summed E-state index contributed by atoms with van der Waals surface area (Å²) in [6, 6.07) is 17.8. The lowest BCUT2D eigenvalue weighted by Crippen LogP contribution is -2.14. The molecule has 4 rings (SSSR count). The van der Waals surface area contributed by atoms with Gasteiger partial charge in [0.15, 0.2) is 5.82 Å². The smallest absolute Gasteiger partial charge is 0.371 e. The first-order valence-corrected chi connectivity index (χ1v) is 8.25. The molecule has 2 aromatic carbocycles. The number of anilines is 1. The predicted octanol–water partition coefficient (Wildman–Crippen LogP) is 3.70. The van der Waals surface area contributed by atoms with Crippen molar-refractivity contribution >= 4 is 28.6 Å². The molecular weight excluding hydrogens is 346 g/mol. The number of aromatic nitrogens is 2. The number of carbonyl (C=O) groups excluding carboxylic acids is 1. The van der Waals surface area contributed by atoms with Crippen molar-refractivity contribution in [2.75, 3.05) is 5.32 Å². The van der Waals surface area contributed by atoms with Crippen LogP contribution in [-0.2, 0) is 11.2 Å². The van der Waals surface area contributed by atoms with Gasteiger partial charge in [-0.2, -0.15) is 5.10 Å². The van der Waals surface area contributed by atoms with E-state index in [4.69, 9.17) is 9.52 Å². The number of benzene rings is 2. The topological polar surface area (TPSA) is 108 Å². The molecule has 0 aliphatic rings. The molecule has 0 unspecified atom stereocenters. The van der Waals surface area contributed by atoms with Crippen LogP contribution in [0.3, 0.4) is 0 Å². The number of hydrogen-bond donors (Lipinski definition) is 3. The van der Waals surface area contributed by atoms with Crippen LogP contribution in [0.1, 0.15) is 16.1 Å². The molecule has 4 aromatic rings. The summed E-state index contributed by atoms with van der Waals surface area (Å²) in [5, 5.41) is 19.5. The fourth-order valence-electron chi connectivity index (χ4n) is 2.83. The number of carbonyl (C=O) groups is 2. The Bertz CT molecular complexity index is 1130. The molecule has 0 aliphatic carbocycles. The Hall–Kier alpha value is -3.87. The zero-order valence-corrected chi connectivity index (χ0v) is 14.1. The van der Waals surface area contributed by atoms with E-state index in [1.807, 2.05) is 30.3 Å². The van der Waals surface area contributed by atoms with Gasteiger partial charge in [-0.15, -0.1) is 0 Å². The zero-order valence-electron chi connectivity index (χ0n) is 14.1. The first-order valence-electron chi connectivity index (χ1n) is 8.25. The maximum atomic E-state index is 12.3. The van der Waals surface area contributed by atoms with Crippen LogP contribution in [0.5, 0.6) is 0 Å². The van der Waals surface area contributed by atoms with Gasteiger partial charge in [-0.1, -0.05) is 30.3 Å². The number of hydrogen-bond acceptors (Lipinski definition) is 4. The second-order valence-electron chi connectivity index (χ2n) is 6.01. The lowest BCUT2D eigenvalue weighted by molar-refractivity contribution is -0.115. The van der Waals surface area contributed by atoms with Gasteiger partial charge >= 0.3 is 5.97 Å². The number of aromatic amines is 1. The van der Waals surface area contributed by atoms with Gasteiger partial charge in [0.05, 0.1) is 11.9 Å². The standard InChI is InChI=1S/C20H15N3O4/c24-18(10-12-4-2-1-3-5-12)21-19-14-11-13(6-7-15(14)22-23-19)16-8-9-17(27-16)20(25)26/h1-9,11H,10H2,(H,25,26)(H2,21,22,23,24). The van der Waals surface area contributed by atoms with E-state index in [1.54, 1.807) is 24.3 Å². The molecular formula is C20H15N3O4. The molecule has 27 heavy (non-hydrogen) atoms. The SMILES string of the molecule is O=C(Cc1ccccc1)Nc1n[nH]c2ccc(-c3ccc(C(=O)O)o3)cc12. The van der Waals surface area contributed by atoms with Crippen LogP contribution in [0.2, 0.25) is 0 Å². The van der Waals surface area contributed by atoms with Gasteiger partial charge in [0.25, 0.3) is 0 Å². The Balaban J connectivity index is 1.60. The molecule has 0 fully saturated rings. The molecule has 0 saturated heterocycles. The highest BCUT2D eigenvalue weighted by molar-refractivity contribution is 6.01. The summed E-state index contributed by atoms with van der Waals surface area (Å²) in [7, 11) is 0. The van der Waals surface area contributed by atoms with Crippen LogP contribution in [0, 0.1) is 0 Å². The molecule has 7 nitrogen and oxygen atoms in total. The summed E-state index contributed by atoms with van der Waals surface area (Å²) in [5.41, 5.74) is 2.35. The quantitative estimate of drug-likeness (QED) is 0.502. The van der Waals surface area contributed by atoms with Crippen LogP contribution >= 0.6 is 0 Å². The average molecular weight is 361 g/mol. The van der Waals surface area contributed by atoms with Gasteiger partial charge in [-0.05, 0) is 35.9 Å². The molecule has 0 bridgehead atoms. The van der Waals surface area contributed by atoms with Crippen LogP contribution in [0.25, 0.3) is 22.2 Å². The number of carboxylic acids is 1. The summed E-state index contributed by atoms with van der Waals surface area (Å²) < 4.78 is 5.34. The number of fused-ring (bicyclic) bond motifs is 1. The molecule has 1 amide bonds. The Morgan fingerprint density at radius 2 is 1.89 bits per heavy atom. The summed E-state index contributed by atoms with van der Waals surface area (Å²) in [6.45, 7) is 0. The summed E-state index contributed by atoms with van der Waals surface area (Å²) in [6.07, 6.45) is 0.245. The third-order valence-corrected chi connectivity index (χ3v) is 4.13. The normalized spacial score (nSPS) is 10.8. The molecule has 2 aromatic heterocycles. The number of furan rings is 1. The molecule has 0 radical (unpaired) electrons. The number of rotatable bonds is 5. The van der Waals surface area contributed by atoms with Crippen LogP contribution in [-0.4, -0.2) is 27.2 Å². The Kier molecular flexibility index (Phi) is 4.18. The molecule has 134 valence electrons. The third-order valence-electron chi connectivity index (χ3n) is 4.13. The number of amides is 1. The predicted molar refractivity (Wildman–Crippen MR) is 99.5 cm³/mol. The van der Waals surface area contributed by atoms with Crippen LogP contribution in [0.15, 0.2) is 65.1 Å². The van der Waals surface area contributed by atoms with Crippen molar-refractivity contribution in [3.63, 3.8) is 0 Å². The molecule has 0 saturated carbocycles. The van der Waals surface area contributed by atoms with Gasteiger partial charge in [0, 0.05) is 10.9 Å². The van der Waals surface area contributed by atoms with Crippen molar-refractivity contribution in [2.24, 2.45) is 0 Å². The second kappa shape index (κ2) is 6.80. The maximum absolute atomic E-state index is 12.3. The Morgan fingerprint density at radius 1 is 1.07 bits per heavy atom. The highest BCUT2D eigenvalue weighted by atomic mass is 16.4. The average Bonchev–Trinajstić information content (AvgIpc) is 3.30. The molecule has 7 heteroatoms. The summed E-state index contributed by atoms with van der Waals surface area (Å²) >= 11 is 0. The van der Waals surface area contributed by atoms with Crippen molar-refractivity contribution < 1.29 is 19.1 Å². The fraction of sp³-hybridized carbons (Fsp3) is 0.0500. The first-order chi connectivity index (χ1) is 13.1. The van der Waals surface area contributed by atoms with Crippen molar-refractivity contribution in [3.8, 4) is 11.3 Å². The second-order valence-corrected chi connectivity index (χ2v) is 6.01. The highest BCUT2D eigenvalue weighted by Gasteiger charge is 2.14. The number of nitrogens with one attached hydrogen (secondary N) is 2. The Morgan fingerprint density at radius 3 is 2.63 bits per heavy atom. The third kappa shape index (κ3) is 3.43. The van der Waals surface area contributed by atoms with Crippen molar-refractivity contribution in [1.82, 2.24) is 10.2 Å². The van der Waals surface area contributed by atoms with E-state index >= 15 is 0 Å². The van der Waals surface area contributed by atoms with E-state index in [-0.39, 0.29) is 18.1 Å². The van der Waals surface area contributed by atoms with Gasteiger partial charge in [-0.3, -0.25) is 9.89 Å². The summed E-state index contributed by atoms with van der Waals surface area (Å²) in [4.78, 5) is 23.3. The number of carboxylic acid groups (broad SMARTS) is 1. The van der Waals surface area contributed by atoms with E-state index < -0.39 is 5.97 Å². The van der Waals surface area contributed by atoms with Crippen molar-refractivity contribution in [2.45, 2.75) is 6.42 Å². The van der Waals surface area contributed by atoms with Crippen LogP contribution < -0.4 is 5.32 Å². The first kappa shape index (κ1) is 16.6. The van der Waals surface area contributed by atoms with Crippen molar-refractivity contribution in [3.05, 3.63) is 72.0 Å². The summed E-state index contributed by atoms with van der Waals surface area (Å²) in [5.74, 6) is -0.589. The van der Waals surface area contributed by atoms with Gasteiger partial charge < -0.3 is 14.8 Å². The fourth-order valence-corrected chi connectivity index (χ4v) is 2.83. The van der Waals surface area contributed by atoms with Crippen molar-refractivity contribution in [1.29, 1.82) is 0 Å². The van der Waals surface area contributed by atoms with E-state index in [9.17, 15) is 9.59 Å². The number of H-pyrrole nitrogens is 1. The van der Waals surface area contributed by atoms with E-state index in [0.717, 1.165) is 11.1 Å². The van der Waals surface area contributed by atoms with Gasteiger partial charge in [0.2, 0.25) is 11.7 Å². The maximum Gasteiger partial charge on any atom is 0.371 e. The van der Waals surface area contributed by atoms with Gasteiger partial charge in [-0.25, -0.2) is 4.79 Å². The minimum Gasteiger partial charge on any atom is -0.475 e. The Labute approximate surface area is 153 Å². The van der Waals surface area contributed by atoms with Crippen LogP contribution in [0.4, 0.5) is 5.82 Å². The zero-order chi connectivity index (χ0) is 18.8. The largest absolute Gasteiger partial charge is 0.475 e. The minimum atomic E-state index is -1.13. The molecule has 3 N–H and O–H groups in total. The molecule has 0 spiro atoms. The number of aromatic carboxylic acids is 1.